The van der Waals surface area contributed by atoms with E-state index in [0.717, 1.165) is 34.9 Å². The highest BCUT2D eigenvalue weighted by Crippen LogP contribution is 2.25. The first-order valence-electron chi connectivity index (χ1n) is 6.95. The van der Waals surface area contributed by atoms with Crippen LogP contribution in [0.15, 0.2) is 65.5 Å². The molecular formula is C18H15N3. The second-order valence-corrected chi connectivity index (χ2v) is 4.86. The Balaban J connectivity index is 2.06. The SMILES string of the molecule is N#C/C(=C\C1=C/N=C\CC/C=C\1)c1c[nH]c2ccccc12. The first kappa shape index (κ1) is 13.1. The molecule has 21 heavy (non-hydrogen) atoms. The number of aliphatic imine (C=N–C) groups is 1. The van der Waals surface area contributed by atoms with Crippen LogP contribution < -0.4 is 0 Å². The molecule has 0 saturated heterocycles. The lowest BCUT2D eigenvalue weighted by Gasteiger charge is -2.00. The molecule has 2 aromatic rings. The number of H-pyrrole nitrogens is 1. The van der Waals surface area contributed by atoms with Gasteiger partial charge >= 0.3 is 0 Å². The Morgan fingerprint density at radius 1 is 1.29 bits per heavy atom. The van der Waals surface area contributed by atoms with Crippen molar-refractivity contribution in [1.82, 2.24) is 4.98 Å². The van der Waals surface area contributed by atoms with Crippen LogP contribution in [0.25, 0.3) is 16.5 Å². The van der Waals surface area contributed by atoms with Crippen LogP contribution >= 0.6 is 0 Å². The van der Waals surface area contributed by atoms with Gasteiger partial charge in [-0.25, -0.2) is 0 Å². The van der Waals surface area contributed by atoms with Crippen molar-refractivity contribution in [2.24, 2.45) is 4.99 Å². The number of rotatable bonds is 2. The second-order valence-electron chi connectivity index (χ2n) is 4.86. The van der Waals surface area contributed by atoms with Crippen LogP contribution in [0, 0.1) is 11.3 Å². The number of para-hydroxylation sites is 1. The molecule has 3 heteroatoms. The van der Waals surface area contributed by atoms with Gasteiger partial charge in [-0.2, -0.15) is 5.26 Å². The molecule has 0 unspecified atom stereocenters. The van der Waals surface area contributed by atoms with Crippen molar-refractivity contribution in [3.05, 3.63) is 66.0 Å². The molecule has 1 aromatic carbocycles. The van der Waals surface area contributed by atoms with Gasteiger partial charge in [-0.05, 0) is 30.6 Å². The normalized spacial score (nSPS) is 18.4. The number of aromatic amines is 1. The van der Waals surface area contributed by atoms with Crippen LogP contribution in [0.4, 0.5) is 0 Å². The molecule has 0 saturated carbocycles. The van der Waals surface area contributed by atoms with E-state index in [-0.39, 0.29) is 0 Å². The van der Waals surface area contributed by atoms with Gasteiger partial charge in [0.15, 0.2) is 0 Å². The summed E-state index contributed by atoms with van der Waals surface area (Å²) in [4.78, 5) is 7.45. The Labute approximate surface area is 123 Å². The van der Waals surface area contributed by atoms with E-state index in [1.165, 1.54) is 0 Å². The summed E-state index contributed by atoms with van der Waals surface area (Å²) in [5.74, 6) is 0. The first-order valence-corrected chi connectivity index (χ1v) is 6.95. The average Bonchev–Trinajstić information content (AvgIpc) is 2.90. The van der Waals surface area contributed by atoms with E-state index >= 15 is 0 Å². The van der Waals surface area contributed by atoms with Gasteiger partial charge in [0.1, 0.15) is 0 Å². The number of hydrogen-bond donors (Lipinski definition) is 1. The van der Waals surface area contributed by atoms with Crippen molar-refractivity contribution >= 4 is 22.7 Å². The summed E-state index contributed by atoms with van der Waals surface area (Å²) in [6.07, 6.45) is 13.5. The maximum absolute atomic E-state index is 9.49. The fourth-order valence-corrected chi connectivity index (χ4v) is 2.36. The van der Waals surface area contributed by atoms with E-state index in [1.54, 1.807) is 6.20 Å². The smallest absolute Gasteiger partial charge is 0.0998 e. The Morgan fingerprint density at radius 3 is 3.10 bits per heavy atom. The minimum Gasteiger partial charge on any atom is -0.361 e. The molecule has 1 aromatic heterocycles. The van der Waals surface area contributed by atoms with Crippen LogP contribution in [0.5, 0.6) is 0 Å². The van der Waals surface area contributed by atoms with Crippen molar-refractivity contribution in [1.29, 1.82) is 5.26 Å². The third-order valence-electron chi connectivity index (χ3n) is 3.41. The van der Waals surface area contributed by atoms with E-state index in [1.807, 2.05) is 48.8 Å². The summed E-state index contributed by atoms with van der Waals surface area (Å²) in [6.45, 7) is 0. The van der Waals surface area contributed by atoms with Gasteiger partial charge < -0.3 is 4.98 Å². The first-order chi connectivity index (χ1) is 10.4. The number of benzene rings is 1. The van der Waals surface area contributed by atoms with Crippen LogP contribution in [0.3, 0.4) is 0 Å². The van der Waals surface area contributed by atoms with E-state index in [4.69, 9.17) is 0 Å². The van der Waals surface area contributed by atoms with Crippen LogP contribution in [0.2, 0.25) is 0 Å². The van der Waals surface area contributed by atoms with Crippen LogP contribution in [-0.4, -0.2) is 11.2 Å². The van der Waals surface area contributed by atoms with Crippen molar-refractivity contribution in [3.8, 4) is 6.07 Å². The van der Waals surface area contributed by atoms with Gasteiger partial charge in [0, 0.05) is 35.1 Å². The molecule has 0 radical (unpaired) electrons. The molecule has 3 nitrogen and oxygen atoms in total. The van der Waals surface area contributed by atoms with Gasteiger partial charge in [-0.1, -0.05) is 30.4 Å². The highest BCUT2D eigenvalue weighted by atomic mass is 14.7. The minimum absolute atomic E-state index is 0.638. The maximum Gasteiger partial charge on any atom is 0.0998 e. The van der Waals surface area contributed by atoms with Gasteiger partial charge in [-0.3, -0.25) is 4.99 Å². The molecule has 0 fully saturated rings. The molecular weight excluding hydrogens is 258 g/mol. The average molecular weight is 273 g/mol. The highest BCUT2D eigenvalue weighted by Gasteiger charge is 2.08. The summed E-state index contributed by atoms with van der Waals surface area (Å²) in [7, 11) is 0. The van der Waals surface area contributed by atoms with Crippen molar-refractivity contribution in [2.45, 2.75) is 12.8 Å². The van der Waals surface area contributed by atoms with E-state index < -0.39 is 0 Å². The lowest BCUT2D eigenvalue weighted by atomic mass is 10.0. The topological polar surface area (TPSA) is 51.9 Å². The van der Waals surface area contributed by atoms with Crippen molar-refractivity contribution in [3.63, 3.8) is 0 Å². The number of nitrogens with zero attached hydrogens (tertiary/aromatic N) is 2. The maximum atomic E-state index is 9.49. The van der Waals surface area contributed by atoms with E-state index in [2.05, 4.69) is 22.1 Å². The lowest BCUT2D eigenvalue weighted by Crippen LogP contribution is -1.84. The molecule has 0 amide bonds. The van der Waals surface area contributed by atoms with Gasteiger partial charge in [-0.15, -0.1) is 0 Å². The summed E-state index contributed by atoms with van der Waals surface area (Å²) < 4.78 is 0. The third kappa shape index (κ3) is 2.85. The number of aromatic nitrogens is 1. The van der Waals surface area contributed by atoms with Gasteiger partial charge in [0.25, 0.3) is 0 Å². The van der Waals surface area contributed by atoms with Gasteiger partial charge in [0.05, 0.1) is 11.6 Å². The number of nitrogens with one attached hydrogen (secondary N) is 1. The fraction of sp³-hybridized carbons (Fsp3) is 0.111. The molecule has 102 valence electrons. The predicted molar refractivity (Wildman–Crippen MR) is 86.8 cm³/mol. The minimum atomic E-state index is 0.638. The molecule has 0 aliphatic carbocycles. The molecule has 2 heterocycles. The summed E-state index contributed by atoms with van der Waals surface area (Å²) in [5, 5.41) is 10.6. The monoisotopic (exact) mass is 273 g/mol. The molecule has 1 N–H and O–H groups in total. The zero-order chi connectivity index (χ0) is 14.5. The van der Waals surface area contributed by atoms with Gasteiger partial charge in [0.2, 0.25) is 0 Å². The van der Waals surface area contributed by atoms with E-state index in [0.29, 0.717) is 5.57 Å². The Bertz CT molecular complexity index is 810. The second kappa shape index (κ2) is 6.06. The molecule has 1 aliphatic heterocycles. The molecule has 1 aliphatic rings. The van der Waals surface area contributed by atoms with Crippen molar-refractivity contribution < 1.29 is 0 Å². The number of nitriles is 1. The molecule has 0 atom stereocenters. The van der Waals surface area contributed by atoms with Crippen LogP contribution in [-0.2, 0) is 0 Å². The number of fused-ring (bicyclic) bond motifs is 1. The number of allylic oxidation sites excluding steroid dienone is 5. The summed E-state index contributed by atoms with van der Waals surface area (Å²) in [6, 6.07) is 10.3. The molecule has 3 rings (SSSR count). The Morgan fingerprint density at radius 2 is 2.19 bits per heavy atom. The highest BCUT2D eigenvalue weighted by molar-refractivity contribution is 5.96. The fourth-order valence-electron chi connectivity index (χ4n) is 2.36. The zero-order valence-corrected chi connectivity index (χ0v) is 11.6. The third-order valence-corrected chi connectivity index (χ3v) is 3.41. The Kier molecular flexibility index (Phi) is 3.79. The Hall–Kier alpha value is -2.86. The van der Waals surface area contributed by atoms with Crippen molar-refractivity contribution in [2.75, 3.05) is 0 Å². The largest absolute Gasteiger partial charge is 0.361 e. The molecule has 0 bridgehead atoms. The molecule has 0 spiro atoms. The quantitative estimate of drug-likeness (QED) is 0.811. The zero-order valence-electron chi connectivity index (χ0n) is 11.6. The lowest BCUT2D eigenvalue weighted by molar-refractivity contribution is 1.11. The standard InChI is InChI=1S/C18H15N3/c19-11-15(10-14-6-2-1-5-9-20-12-14)17-13-21-18-8-4-3-7-16(17)18/h2-4,6-10,12-13,21H,1,5H2/b6-2-,14-12?,15-10+,20-9-. The predicted octanol–water partition coefficient (Wildman–Crippen LogP) is 4.38. The van der Waals surface area contributed by atoms with Crippen LogP contribution in [0.1, 0.15) is 18.4 Å². The summed E-state index contributed by atoms with van der Waals surface area (Å²) >= 11 is 0. The summed E-state index contributed by atoms with van der Waals surface area (Å²) in [5.41, 5.74) is 3.54. The number of hydrogen-bond acceptors (Lipinski definition) is 2. The van der Waals surface area contributed by atoms with E-state index in [9.17, 15) is 5.26 Å².